The summed E-state index contributed by atoms with van der Waals surface area (Å²) in [6.45, 7) is 2.13. The number of amides is 1. The summed E-state index contributed by atoms with van der Waals surface area (Å²) in [4.78, 5) is 13.5. The van der Waals surface area contributed by atoms with Gasteiger partial charge in [0.1, 0.15) is 6.61 Å². The van der Waals surface area contributed by atoms with Gasteiger partial charge in [-0.2, -0.15) is 0 Å². The number of piperazine rings is 1. The Hall–Kier alpha value is -1.59. The number of benzene rings is 1. The number of hydrogen-bond donors (Lipinski definition) is 2. The molecular formula is C13H18N2O3. The molecular weight excluding hydrogens is 232 g/mol. The van der Waals surface area contributed by atoms with Crippen LogP contribution in [0.4, 0.5) is 4.79 Å². The smallest absolute Gasteiger partial charge is 0.410 e. The van der Waals surface area contributed by atoms with Crippen molar-refractivity contribution in [1.29, 1.82) is 0 Å². The van der Waals surface area contributed by atoms with Crippen molar-refractivity contribution in [3.8, 4) is 0 Å². The molecule has 1 fully saturated rings. The van der Waals surface area contributed by atoms with Gasteiger partial charge in [0.2, 0.25) is 0 Å². The van der Waals surface area contributed by atoms with Crippen LogP contribution in [0.5, 0.6) is 0 Å². The molecule has 1 heterocycles. The van der Waals surface area contributed by atoms with Gasteiger partial charge in [0.05, 0.1) is 12.6 Å². The largest absolute Gasteiger partial charge is 0.445 e. The number of ether oxygens (including phenoxy) is 1. The second-order valence-corrected chi connectivity index (χ2v) is 4.27. The normalized spacial score (nSPS) is 19.6. The molecule has 0 aliphatic carbocycles. The van der Waals surface area contributed by atoms with Crippen molar-refractivity contribution in [3.63, 3.8) is 0 Å². The maximum absolute atomic E-state index is 11.9. The van der Waals surface area contributed by atoms with Gasteiger partial charge in [-0.3, -0.25) is 0 Å². The van der Waals surface area contributed by atoms with Crippen molar-refractivity contribution >= 4 is 6.09 Å². The van der Waals surface area contributed by atoms with E-state index >= 15 is 0 Å². The minimum absolute atomic E-state index is 0.0482. The quantitative estimate of drug-likeness (QED) is 0.824. The number of carbonyl (C=O) groups excluding carboxylic acids is 1. The Kier molecular flexibility index (Phi) is 4.55. The molecule has 0 aromatic heterocycles. The van der Waals surface area contributed by atoms with E-state index in [2.05, 4.69) is 5.32 Å². The molecule has 0 radical (unpaired) electrons. The first-order valence-electron chi connectivity index (χ1n) is 6.10. The predicted molar refractivity (Wildman–Crippen MR) is 67.1 cm³/mol. The Balaban J connectivity index is 1.87. The Labute approximate surface area is 106 Å². The molecule has 0 spiro atoms. The number of nitrogens with one attached hydrogen (secondary N) is 1. The number of aliphatic hydroxyl groups excluding tert-OH is 1. The molecule has 2 rings (SSSR count). The Morgan fingerprint density at radius 3 is 2.94 bits per heavy atom. The van der Waals surface area contributed by atoms with Crippen molar-refractivity contribution in [1.82, 2.24) is 10.2 Å². The van der Waals surface area contributed by atoms with Crippen molar-refractivity contribution in [3.05, 3.63) is 35.9 Å². The minimum atomic E-state index is -0.362. The molecule has 18 heavy (non-hydrogen) atoms. The summed E-state index contributed by atoms with van der Waals surface area (Å²) in [5, 5.41) is 12.3. The van der Waals surface area contributed by atoms with Crippen LogP contribution in [0.25, 0.3) is 0 Å². The fourth-order valence-corrected chi connectivity index (χ4v) is 1.97. The van der Waals surface area contributed by atoms with Gasteiger partial charge in [-0.05, 0) is 5.56 Å². The lowest BCUT2D eigenvalue weighted by molar-refractivity contribution is 0.0551. The highest BCUT2D eigenvalue weighted by atomic mass is 16.6. The van der Waals surface area contributed by atoms with Crippen LogP contribution in [-0.2, 0) is 11.3 Å². The van der Waals surface area contributed by atoms with Gasteiger partial charge in [-0.1, -0.05) is 30.3 Å². The molecule has 5 heteroatoms. The third kappa shape index (κ3) is 3.21. The molecule has 1 saturated heterocycles. The standard InChI is InChI=1S/C13H18N2O3/c16-9-12-8-14-6-7-15(12)13(17)18-10-11-4-2-1-3-5-11/h1-5,12,14,16H,6-10H2. The van der Waals surface area contributed by atoms with E-state index in [1.54, 1.807) is 4.90 Å². The second-order valence-electron chi connectivity index (χ2n) is 4.27. The zero-order valence-corrected chi connectivity index (χ0v) is 10.2. The highest BCUT2D eigenvalue weighted by Gasteiger charge is 2.26. The average molecular weight is 250 g/mol. The fourth-order valence-electron chi connectivity index (χ4n) is 1.97. The number of rotatable bonds is 3. The summed E-state index contributed by atoms with van der Waals surface area (Å²) in [5.41, 5.74) is 0.960. The lowest BCUT2D eigenvalue weighted by Gasteiger charge is -2.34. The lowest BCUT2D eigenvalue weighted by atomic mass is 10.2. The van der Waals surface area contributed by atoms with Crippen LogP contribution in [0.3, 0.4) is 0 Å². The fraction of sp³-hybridized carbons (Fsp3) is 0.462. The molecule has 98 valence electrons. The zero-order chi connectivity index (χ0) is 12.8. The third-order valence-electron chi connectivity index (χ3n) is 3.00. The van der Waals surface area contributed by atoms with Gasteiger partial charge >= 0.3 is 6.09 Å². The van der Waals surface area contributed by atoms with Crippen molar-refractivity contribution < 1.29 is 14.6 Å². The molecule has 1 aliphatic rings. The monoisotopic (exact) mass is 250 g/mol. The van der Waals surface area contributed by atoms with Gasteiger partial charge in [0.15, 0.2) is 0 Å². The molecule has 0 saturated carbocycles. The van der Waals surface area contributed by atoms with Crippen molar-refractivity contribution in [2.45, 2.75) is 12.6 Å². The van der Waals surface area contributed by atoms with E-state index in [1.807, 2.05) is 30.3 Å². The SMILES string of the molecule is O=C(OCc1ccccc1)N1CCNCC1CO. The topological polar surface area (TPSA) is 61.8 Å². The van der Waals surface area contributed by atoms with Gasteiger partial charge in [-0.25, -0.2) is 4.79 Å². The molecule has 1 unspecified atom stereocenters. The van der Waals surface area contributed by atoms with Crippen LogP contribution < -0.4 is 5.32 Å². The molecule has 1 amide bonds. The molecule has 2 N–H and O–H groups in total. The summed E-state index contributed by atoms with van der Waals surface area (Å²) < 4.78 is 5.25. The van der Waals surface area contributed by atoms with E-state index in [0.29, 0.717) is 13.1 Å². The second kappa shape index (κ2) is 6.37. The molecule has 1 aromatic carbocycles. The highest BCUT2D eigenvalue weighted by Crippen LogP contribution is 2.08. The Morgan fingerprint density at radius 1 is 1.44 bits per heavy atom. The number of nitrogens with zero attached hydrogens (tertiary/aromatic N) is 1. The van der Waals surface area contributed by atoms with Crippen LogP contribution in [0.1, 0.15) is 5.56 Å². The summed E-state index contributed by atoms with van der Waals surface area (Å²) in [6.07, 6.45) is -0.362. The first-order valence-corrected chi connectivity index (χ1v) is 6.10. The molecule has 0 bridgehead atoms. The van der Waals surface area contributed by atoms with E-state index in [0.717, 1.165) is 12.1 Å². The Bertz CT molecular complexity index is 383. The van der Waals surface area contributed by atoms with Crippen LogP contribution in [0, 0.1) is 0 Å². The average Bonchev–Trinajstić information content (AvgIpc) is 2.45. The van der Waals surface area contributed by atoms with Gasteiger partial charge < -0.3 is 20.1 Å². The van der Waals surface area contributed by atoms with Crippen molar-refractivity contribution in [2.24, 2.45) is 0 Å². The number of carbonyl (C=O) groups is 1. The molecule has 5 nitrogen and oxygen atoms in total. The highest BCUT2D eigenvalue weighted by molar-refractivity contribution is 5.68. The zero-order valence-electron chi connectivity index (χ0n) is 10.2. The first kappa shape index (κ1) is 12.9. The predicted octanol–water partition coefficient (Wildman–Crippen LogP) is 0.589. The van der Waals surface area contributed by atoms with E-state index in [-0.39, 0.29) is 25.3 Å². The molecule has 1 aliphatic heterocycles. The van der Waals surface area contributed by atoms with E-state index in [1.165, 1.54) is 0 Å². The van der Waals surface area contributed by atoms with Gasteiger partial charge in [-0.15, -0.1) is 0 Å². The van der Waals surface area contributed by atoms with Crippen LogP contribution >= 0.6 is 0 Å². The Morgan fingerprint density at radius 2 is 2.22 bits per heavy atom. The maximum Gasteiger partial charge on any atom is 0.410 e. The van der Waals surface area contributed by atoms with Crippen LogP contribution in [0.15, 0.2) is 30.3 Å². The summed E-state index contributed by atoms with van der Waals surface area (Å²) in [7, 11) is 0. The molecule has 1 atom stereocenters. The number of hydrogen-bond acceptors (Lipinski definition) is 4. The van der Waals surface area contributed by atoms with E-state index in [4.69, 9.17) is 4.74 Å². The summed E-state index contributed by atoms with van der Waals surface area (Å²) in [5.74, 6) is 0. The minimum Gasteiger partial charge on any atom is -0.445 e. The first-order chi connectivity index (χ1) is 8.81. The number of aliphatic hydroxyl groups is 1. The van der Waals surface area contributed by atoms with E-state index in [9.17, 15) is 9.90 Å². The lowest BCUT2D eigenvalue weighted by Crippen LogP contribution is -2.55. The van der Waals surface area contributed by atoms with Gasteiger partial charge in [0, 0.05) is 19.6 Å². The molecule has 1 aromatic rings. The van der Waals surface area contributed by atoms with Crippen LogP contribution in [-0.4, -0.2) is 48.4 Å². The van der Waals surface area contributed by atoms with Gasteiger partial charge in [0.25, 0.3) is 0 Å². The van der Waals surface area contributed by atoms with Crippen molar-refractivity contribution in [2.75, 3.05) is 26.2 Å². The van der Waals surface area contributed by atoms with Crippen LogP contribution in [0.2, 0.25) is 0 Å². The third-order valence-corrected chi connectivity index (χ3v) is 3.00. The summed E-state index contributed by atoms with van der Waals surface area (Å²) in [6, 6.07) is 9.36. The van der Waals surface area contributed by atoms with E-state index < -0.39 is 0 Å². The maximum atomic E-state index is 11.9. The summed E-state index contributed by atoms with van der Waals surface area (Å²) >= 11 is 0.